The van der Waals surface area contributed by atoms with Crippen LogP contribution in [0, 0.1) is 0 Å². The lowest BCUT2D eigenvalue weighted by atomic mass is 10.1. The van der Waals surface area contributed by atoms with Gasteiger partial charge in [0.1, 0.15) is 0 Å². The van der Waals surface area contributed by atoms with Crippen molar-refractivity contribution in [3.63, 3.8) is 0 Å². The van der Waals surface area contributed by atoms with Gasteiger partial charge in [0.15, 0.2) is 5.11 Å². The molecule has 0 aliphatic heterocycles. The second kappa shape index (κ2) is 16.0. The monoisotopic (exact) mass is 344 g/mol. The van der Waals surface area contributed by atoms with Crippen molar-refractivity contribution in [2.45, 2.75) is 40.5 Å². The van der Waals surface area contributed by atoms with Crippen LogP contribution in [-0.4, -0.2) is 18.2 Å². The maximum atomic E-state index is 5.26. The number of nitrogens with one attached hydrogen (secondary N) is 2. The second-order valence-electron chi connectivity index (χ2n) is 4.65. The molecule has 2 nitrogen and oxygen atoms in total. The van der Waals surface area contributed by atoms with Gasteiger partial charge in [-0.25, -0.2) is 0 Å². The summed E-state index contributed by atoms with van der Waals surface area (Å²) < 4.78 is 0. The summed E-state index contributed by atoms with van der Waals surface area (Å²) in [5.41, 5.74) is 2.65. The SMILES string of the molecule is CC.CC.S=C(NCCc1ccccc1)NCCc1ccccc1. The molecule has 0 radical (unpaired) electrons. The van der Waals surface area contributed by atoms with Crippen molar-refractivity contribution in [1.29, 1.82) is 0 Å². The third-order valence-corrected chi connectivity index (χ3v) is 3.37. The van der Waals surface area contributed by atoms with Crippen LogP contribution in [0.3, 0.4) is 0 Å². The Kier molecular flexibility index (Phi) is 14.8. The van der Waals surface area contributed by atoms with E-state index < -0.39 is 0 Å². The molecule has 0 bridgehead atoms. The highest BCUT2D eigenvalue weighted by molar-refractivity contribution is 7.80. The highest BCUT2D eigenvalue weighted by Gasteiger charge is 1.96. The Morgan fingerprint density at radius 2 is 1.00 bits per heavy atom. The van der Waals surface area contributed by atoms with Gasteiger partial charge in [0, 0.05) is 13.1 Å². The standard InChI is InChI=1S/C17H20N2S.2C2H6/c20-17(18-13-11-15-7-3-1-4-8-15)19-14-12-16-9-5-2-6-10-16;2*1-2/h1-10H,11-14H2,(H2,18,19,20);2*1-2H3. The number of hydrogen-bond acceptors (Lipinski definition) is 1. The molecule has 0 atom stereocenters. The number of benzene rings is 2. The van der Waals surface area contributed by atoms with Gasteiger partial charge in [0.05, 0.1) is 0 Å². The van der Waals surface area contributed by atoms with E-state index in [1.54, 1.807) is 0 Å². The molecule has 0 saturated carbocycles. The Morgan fingerprint density at radius 3 is 1.33 bits per heavy atom. The van der Waals surface area contributed by atoms with E-state index in [0.717, 1.165) is 31.0 Å². The molecule has 0 fully saturated rings. The average molecular weight is 345 g/mol. The number of thiocarbonyl (C=S) groups is 1. The molecule has 0 amide bonds. The highest BCUT2D eigenvalue weighted by Crippen LogP contribution is 1.99. The summed E-state index contributed by atoms with van der Waals surface area (Å²) in [4.78, 5) is 0. The Morgan fingerprint density at radius 1 is 0.667 bits per heavy atom. The van der Waals surface area contributed by atoms with Crippen LogP contribution < -0.4 is 10.6 Å². The van der Waals surface area contributed by atoms with Gasteiger partial charge in [0.25, 0.3) is 0 Å². The quantitative estimate of drug-likeness (QED) is 0.722. The fourth-order valence-electron chi connectivity index (χ4n) is 1.99. The Labute approximate surface area is 153 Å². The van der Waals surface area contributed by atoms with Gasteiger partial charge in [0.2, 0.25) is 0 Å². The molecule has 0 unspecified atom stereocenters. The first-order chi connectivity index (χ1) is 11.8. The molecule has 24 heavy (non-hydrogen) atoms. The van der Waals surface area contributed by atoms with Crippen LogP contribution in [0.1, 0.15) is 38.8 Å². The maximum absolute atomic E-state index is 5.26. The van der Waals surface area contributed by atoms with E-state index in [4.69, 9.17) is 12.2 Å². The van der Waals surface area contributed by atoms with E-state index in [9.17, 15) is 0 Å². The van der Waals surface area contributed by atoms with Crippen molar-refractivity contribution in [2.24, 2.45) is 0 Å². The lowest BCUT2D eigenvalue weighted by Crippen LogP contribution is -2.37. The number of hydrogen-bond donors (Lipinski definition) is 2. The normalized spacial score (nSPS) is 8.83. The van der Waals surface area contributed by atoms with Gasteiger partial charge in [-0.2, -0.15) is 0 Å². The zero-order valence-corrected chi connectivity index (χ0v) is 16.3. The molecule has 0 heterocycles. The van der Waals surface area contributed by atoms with Crippen LogP contribution in [0.4, 0.5) is 0 Å². The van der Waals surface area contributed by atoms with Gasteiger partial charge < -0.3 is 10.6 Å². The molecule has 0 saturated heterocycles. The van der Waals surface area contributed by atoms with Crippen molar-refractivity contribution in [3.05, 3.63) is 71.8 Å². The third-order valence-electron chi connectivity index (χ3n) is 3.08. The molecule has 0 aromatic heterocycles. The molecule has 0 aliphatic rings. The van der Waals surface area contributed by atoms with Crippen molar-refractivity contribution in [2.75, 3.05) is 13.1 Å². The third kappa shape index (κ3) is 10.8. The lowest BCUT2D eigenvalue weighted by molar-refractivity contribution is 0.802. The van der Waals surface area contributed by atoms with Crippen LogP contribution >= 0.6 is 12.2 Å². The second-order valence-corrected chi connectivity index (χ2v) is 5.06. The fourth-order valence-corrected chi connectivity index (χ4v) is 2.20. The van der Waals surface area contributed by atoms with Gasteiger partial charge in [-0.1, -0.05) is 88.4 Å². The Bertz CT molecular complexity index is 464. The molecule has 0 aliphatic carbocycles. The van der Waals surface area contributed by atoms with Crippen LogP contribution in [0.25, 0.3) is 0 Å². The van der Waals surface area contributed by atoms with Gasteiger partial charge >= 0.3 is 0 Å². The van der Waals surface area contributed by atoms with Crippen molar-refractivity contribution in [1.82, 2.24) is 10.6 Å². The average Bonchev–Trinajstić information content (AvgIpc) is 2.67. The minimum absolute atomic E-state index is 0.733. The van der Waals surface area contributed by atoms with E-state index in [2.05, 4.69) is 59.2 Å². The van der Waals surface area contributed by atoms with Crippen LogP contribution in [-0.2, 0) is 12.8 Å². The van der Waals surface area contributed by atoms with Gasteiger partial charge in [-0.05, 0) is 36.2 Å². The first kappa shape index (κ1) is 22.1. The summed E-state index contributed by atoms with van der Waals surface area (Å²) in [5.74, 6) is 0. The van der Waals surface area contributed by atoms with E-state index in [-0.39, 0.29) is 0 Å². The van der Waals surface area contributed by atoms with E-state index in [1.807, 2.05) is 39.8 Å². The van der Waals surface area contributed by atoms with Crippen LogP contribution in [0.15, 0.2) is 60.7 Å². The largest absolute Gasteiger partial charge is 0.362 e. The van der Waals surface area contributed by atoms with Gasteiger partial charge in [-0.15, -0.1) is 0 Å². The summed E-state index contributed by atoms with van der Waals surface area (Å²) >= 11 is 5.26. The topological polar surface area (TPSA) is 24.1 Å². The first-order valence-electron chi connectivity index (χ1n) is 8.94. The van der Waals surface area contributed by atoms with Crippen molar-refractivity contribution >= 4 is 17.3 Å². The fraction of sp³-hybridized carbons (Fsp3) is 0.381. The van der Waals surface area contributed by atoms with E-state index in [0.29, 0.717) is 0 Å². The van der Waals surface area contributed by atoms with Crippen LogP contribution in [0.2, 0.25) is 0 Å². The Hall–Kier alpha value is -1.87. The minimum Gasteiger partial charge on any atom is -0.362 e. The number of rotatable bonds is 6. The molecule has 2 rings (SSSR count). The summed E-state index contributed by atoms with van der Waals surface area (Å²) in [6.45, 7) is 9.72. The summed E-state index contributed by atoms with van der Waals surface area (Å²) in [6, 6.07) is 20.8. The van der Waals surface area contributed by atoms with Crippen LogP contribution in [0.5, 0.6) is 0 Å². The molecule has 132 valence electrons. The smallest absolute Gasteiger partial charge is 0.166 e. The predicted molar refractivity (Wildman–Crippen MR) is 112 cm³/mol. The van der Waals surface area contributed by atoms with Gasteiger partial charge in [-0.3, -0.25) is 0 Å². The molecule has 2 aromatic rings. The molecule has 0 spiro atoms. The summed E-state index contributed by atoms with van der Waals surface area (Å²) in [6.07, 6.45) is 1.97. The molecular weight excluding hydrogens is 312 g/mol. The van der Waals surface area contributed by atoms with E-state index >= 15 is 0 Å². The predicted octanol–water partition coefficient (Wildman–Crippen LogP) is 4.99. The van der Waals surface area contributed by atoms with Crippen molar-refractivity contribution in [3.8, 4) is 0 Å². The van der Waals surface area contributed by atoms with E-state index in [1.165, 1.54) is 11.1 Å². The summed E-state index contributed by atoms with van der Waals surface area (Å²) in [7, 11) is 0. The molecule has 2 aromatic carbocycles. The lowest BCUT2D eigenvalue weighted by Gasteiger charge is -2.10. The first-order valence-corrected chi connectivity index (χ1v) is 9.35. The van der Waals surface area contributed by atoms with Crippen molar-refractivity contribution < 1.29 is 0 Å². The highest BCUT2D eigenvalue weighted by atomic mass is 32.1. The molecule has 3 heteroatoms. The molecule has 2 N–H and O–H groups in total. The molecular formula is C21H32N2S. The Balaban J connectivity index is 0.00000123. The zero-order valence-electron chi connectivity index (χ0n) is 15.5. The minimum atomic E-state index is 0.733. The zero-order chi connectivity index (χ0) is 18.0. The maximum Gasteiger partial charge on any atom is 0.166 e. The summed E-state index contributed by atoms with van der Waals surface area (Å²) in [5, 5.41) is 7.21.